The van der Waals surface area contributed by atoms with Crippen LogP contribution in [0.25, 0.3) is 0 Å². The van der Waals surface area contributed by atoms with E-state index in [1.807, 2.05) is 13.0 Å². The van der Waals surface area contributed by atoms with E-state index in [0.29, 0.717) is 6.54 Å². The van der Waals surface area contributed by atoms with Crippen LogP contribution in [0.4, 0.5) is 0 Å². The second kappa shape index (κ2) is 4.83. The van der Waals surface area contributed by atoms with E-state index in [1.165, 1.54) is 22.9 Å². The SMILES string of the molecule is Cc1ccncc1Cn1cc(C(=O)O)ccc1=O. The van der Waals surface area contributed by atoms with Crippen LogP contribution in [-0.4, -0.2) is 20.6 Å². The van der Waals surface area contributed by atoms with Crippen LogP contribution in [0.3, 0.4) is 0 Å². The van der Waals surface area contributed by atoms with Gasteiger partial charge in [-0.15, -0.1) is 0 Å². The Labute approximate surface area is 103 Å². The molecule has 0 aliphatic carbocycles. The fourth-order valence-electron chi connectivity index (χ4n) is 1.63. The molecule has 0 bridgehead atoms. The third kappa shape index (κ3) is 2.45. The predicted molar refractivity (Wildman–Crippen MR) is 65.7 cm³/mol. The zero-order valence-electron chi connectivity index (χ0n) is 9.83. The largest absolute Gasteiger partial charge is 0.478 e. The summed E-state index contributed by atoms with van der Waals surface area (Å²) in [5, 5.41) is 8.89. The molecule has 0 amide bonds. The standard InChI is InChI=1S/C13H12N2O3/c1-9-4-5-14-6-11(9)8-15-7-10(13(17)18)2-3-12(15)16/h2-7H,8H2,1H3,(H,17,18). The van der Waals surface area contributed by atoms with Crippen molar-refractivity contribution in [1.29, 1.82) is 0 Å². The van der Waals surface area contributed by atoms with Crippen molar-refractivity contribution >= 4 is 5.97 Å². The van der Waals surface area contributed by atoms with Gasteiger partial charge in [0.05, 0.1) is 12.1 Å². The molecule has 0 aromatic carbocycles. The summed E-state index contributed by atoms with van der Waals surface area (Å²) < 4.78 is 1.37. The number of pyridine rings is 2. The molecule has 0 saturated carbocycles. The van der Waals surface area contributed by atoms with Gasteiger partial charge in [0.2, 0.25) is 0 Å². The number of hydrogen-bond donors (Lipinski definition) is 1. The summed E-state index contributed by atoms with van der Waals surface area (Å²) in [6.07, 6.45) is 4.70. The molecule has 5 nitrogen and oxygen atoms in total. The van der Waals surface area contributed by atoms with Crippen LogP contribution in [0.15, 0.2) is 41.6 Å². The molecule has 0 radical (unpaired) electrons. The van der Waals surface area contributed by atoms with E-state index in [1.54, 1.807) is 12.4 Å². The van der Waals surface area contributed by atoms with Gasteiger partial charge in [-0.3, -0.25) is 9.78 Å². The fourth-order valence-corrected chi connectivity index (χ4v) is 1.63. The van der Waals surface area contributed by atoms with Gasteiger partial charge in [-0.25, -0.2) is 4.79 Å². The molecule has 0 aliphatic rings. The van der Waals surface area contributed by atoms with Gasteiger partial charge in [0.1, 0.15) is 0 Å². The molecule has 0 spiro atoms. The second-order valence-electron chi connectivity index (χ2n) is 3.99. The minimum atomic E-state index is -1.05. The Kier molecular flexibility index (Phi) is 3.23. The number of hydrogen-bond acceptors (Lipinski definition) is 3. The molecule has 0 atom stereocenters. The van der Waals surface area contributed by atoms with Crippen molar-refractivity contribution in [3.05, 3.63) is 63.8 Å². The monoisotopic (exact) mass is 244 g/mol. The molecule has 5 heteroatoms. The van der Waals surface area contributed by atoms with Gasteiger partial charge >= 0.3 is 5.97 Å². The van der Waals surface area contributed by atoms with Crippen LogP contribution in [-0.2, 0) is 6.54 Å². The van der Waals surface area contributed by atoms with Crippen LogP contribution in [0.1, 0.15) is 21.5 Å². The first kappa shape index (κ1) is 12.0. The average molecular weight is 244 g/mol. The summed E-state index contributed by atoms with van der Waals surface area (Å²) in [4.78, 5) is 26.5. The first-order valence-electron chi connectivity index (χ1n) is 5.41. The molecule has 2 heterocycles. The first-order chi connectivity index (χ1) is 8.58. The zero-order chi connectivity index (χ0) is 13.1. The molecule has 0 fully saturated rings. The lowest BCUT2D eigenvalue weighted by Gasteiger charge is -2.08. The van der Waals surface area contributed by atoms with E-state index in [4.69, 9.17) is 5.11 Å². The molecule has 0 saturated heterocycles. The van der Waals surface area contributed by atoms with Crippen molar-refractivity contribution < 1.29 is 9.90 Å². The summed E-state index contributed by atoms with van der Waals surface area (Å²) in [6, 6.07) is 4.41. The highest BCUT2D eigenvalue weighted by atomic mass is 16.4. The third-order valence-corrected chi connectivity index (χ3v) is 2.72. The quantitative estimate of drug-likeness (QED) is 0.883. The maximum Gasteiger partial charge on any atom is 0.337 e. The van der Waals surface area contributed by atoms with Crippen LogP contribution >= 0.6 is 0 Å². The highest BCUT2D eigenvalue weighted by Crippen LogP contribution is 2.07. The first-order valence-corrected chi connectivity index (χ1v) is 5.41. The molecular formula is C13H12N2O3. The predicted octanol–water partition coefficient (Wildman–Crippen LogP) is 1.30. The minimum absolute atomic E-state index is 0.0937. The lowest BCUT2D eigenvalue weighted by Crippen LogP contribution is -2.21. The van der Waals surface area contributed by atoms with E-state index in [0.717, 1.165) is 11.1 Å². The number of carbonyl (C=O) groups is 1. The van der Waals surface area contributed by atoms with Crippen molar-refractivity contribution in [1.82, 2.24) is 9.55 Å². The summed E-state index contributed by atoms with van der Waals surface area (Å²) in [7, 11) is 0. The van der Waals surface area contributed by atoms with Crippen LogP contribution in [0, 0.1) is 6.92 Å². The van der Waals surface area contributed by atoms with Gasteiger partial charge in [-0.1, -0.05) is 0 Å². The number of carboxylic acids is 1. The second-order valence-corrected chi connectivity index (χ2v) is 3.99. The van der Waals surface area contributed by atoms with Gasteiger partial charge in [0.25, 0.3) is 5.56 Å². The molecule has 2 aromatic heterocycles. The number of nitrogens with zero attached hydrogens (tertiary/aromatic N) is 2. The van der Waals surface area contributed by atoms with Crippen molar-refractivity contribution in [2.24, 2.45) is 0 Å². The highest BCUT2D eigenvalue weighted by Gasteiger charge is 2.06. The molecule has 0 aliphatic heterocycles. The van der Waals surface area contributed by atoms with Crippen molar-refractivity contribution in [3.8, 4) is 0 Å². The lowest BCUT2D eigenvalue weighted by molar-refractivity contribution is 0.0696. The van der Waals surface area contributed by atoms with E-state index in [-0.39, 0.29) is 11.1 Å². The van der Waals surface area contributed by atoms with Gasteiger partial charge in [0, 0.05) is 24.7 Å². The van der Waals surface area contributed by atoms with Crippen molar-refractivity contribution in [2.45, 2.75) is 13.5 Å². The molecule has 1 N–H and O–H groups in total. The normalized spacial score (nSPS) is 10.3. The van der Waals surface area contributed by atoms with E-state index in [2.05, 4.69) is 4.98 Å². The topological polar surface area (TPSA) is 72.2 Å². The maximum atomic E-state index is 11.7. The highest BCUT2D eigenvalue weighted by molar-refractivity contribution is 5.87. The number of aromatic carboxylic acids is 1. The van der Waals surface area contributed by atoms with Gasteiger partial charge in [-0.2, -0.15) is 0 Å². The number of aryl methyl sites for hydroxylation is 1. The Balaban J connectivity index is 2.40. The Morgan fingerprint density at radius 1 is 1.39 bits per heavy atom. The Morgan fingerprint density at radius 3 is 2.83 bits per heavy atom. The van der Waals surface area contributed by atoms with Crippen molar-refractivity contribution in [3.63, 3.8) is 0 Å². The van der Waals surface area contributed by atoms with E-state index in [9.17, 15) is 9.59 Å². The molecule has 18 heavy (non-hydrogen) atoms. The smallest absolute Gasteiger partial charge is 0.337 e. The van der Waals surface area contributed by atoms with Gasteiger partial charge < -0.3 is 9.67 Å². The van der Waals surface area contributed by atoms with Crippen LogP contribution < -0.4 is 5.56 Å². The molecule has 92 valence electrons. The summed E-state index contributed by atoms with van der Waals surface area (Å²) in [6.45, 7) is 2.24. The van der Waals surface area contributed by atoms with Crippen LogP contribution in [0.2, 0.25) is 0 Å². The van der Waals surface area contributed by atoms with E-state index >= 15 is 0 Å². The van der Waals surface area contributed by atoms with E-state index < -0.39 is 5.97 Å². The molecular weight excluding hydrogens is 232 g/mol. The fraction of sp³-hybridized carbons (Fsp3) is 0.154. The van der Waals surface area contributed by atoms with Crippen LogP contribution in [0.5, 0.6) is 0 Å². The lowest BCUT2D eigenvalue weighted by atomic mass is 10.1. The Bertz CT molecular complexity index is 647. The maximum absolute atomic E-state index is 11.7. The summed E-state index contributed by atoms with van der Waals surface area (Å²) >= 11 is 0. The van der Waals surface area contributed by atoms with Gasteiger partial charge in [-0.05, 0) is 30.2 Å². The van der Waals surface area contributed by atoms with Gasteiger partial charge in [0.15, 0.2) is 0 Å². The number of rotatable bonds is 3. The molecule has 2 rings (SSSR count). The average Bonchev–Trinajstić information content (AvgIpc) is 2.34. The van der Waals surface area contributed by atoms with Crippen molar-refractivity contribution in [2.75, 3.05) is 0 Å². The Morgan fingerprint density at radius 2 is 2.17 bits per heavy atom. The number of aromatic nitrogens is 2. The molecule has 0 unspecified atom stereocenters. The zero-order valence-corrected chi connectivity index (χ0v) is 9.83. The third-order valence-electron chi connectivity index (χ3n) is 2.72. The summed E-state index contributed by atoms with van der Waals surface area (Å²) in [5.74, 6) is -1.05. The number of carboxylic acid groups (broad SMARTS) is 1. The minimum Gasteiger partial charge on any atom is -0.478 e. The Hall–Kier alpha value is -2.43. The summed E-state index contributed by atoms with van der Waals surface area (Å²) in [5.41, 5.74) is 1.76. The molecule has 2 aromatic rings.